The van der Waals surface area contributed by atoms with Crippen molar-refractivity contribution in [3.8, 4) is 22.8 Å². The fourth-order valence-corrected chi connectivity index (χ4v) is 6.08. The van der Waals surface area contributed by atoms with Crippen molar-refractivity contribution in [1.82, 2.24) is 9.55 Å². The van der Waals surface area contributed by atoms with E-state index in [4.69, 9.17) is 14.2 Å². The summed E-state index contributed by atoms with van der Waals surface area (Å²) < 4.78 is 18.0. The maximum Gasteiger partial charge on any atom is 0.350 e. The first-order chi connectivity index (χ1) is 16.5. The van der Waals surface area contributed by atoms with Gasteiger partial charge in [-0.3, -0.25) is 4.57 Å². The Morgan fingerprint density at radius 1 is 1.12 bits per heavy atom. The average Bonchev–Trinajstić information content (AvgIpc) is 3.21. The summed E-state index contributed by atoms with van der Waals surface area (Å²) in [5, 5.41) is 3.96. The number of hydrogen-bond donors (Lipinski definition) is 1. The Kier molecular flexibility index (Phi) is 6.03. The van der Waals surface area contributed by atoms with Crippen molar-refractivity contribution in [1.29, 1.82) is 0 Å². The monoisotopic (exact) mass is 481 g/mol. The number of carbonyl (C=O) groups is 1. The second kappa shape index (κ2) is 9.13. The molecule has 8 nitrogen and oxygen atoms in total. The van der Waals surface area contributed by atoms with Gasteiger partial charge in [0, 0.05) is 23.1 Å². The van der Waals surface area contributed by atoms with E-state index in [0.717, 1.165) is 48.1 Å². The number of anilines is 2. The van der Waals surface area contributed by atoms with Crippen LogP contribution in [0.2, 0.25) is 0 Å². The molecule has 3 heterocycles. The van der Waals surface area contributed by atoms with Gasteiger partial charge in [-0.1, -0.05) is 0 Å². The quantitative estimate of drug-likeness (QED) is 0.524. The molecule has 0 saturated carbocycles. The summed E-state index contributed by atoms with van der Waals surface area (Å²) in [7, 11) is 3.20. The van der Waals surface area contributed by atoms with Crippen LogP contribution in [-0.2, 0) is 30.5 Å². The lowest BCUT2D eigenvalue weighted by atomic mass is 9.95. The lowest BCUT2D eigenvalue weighted by molar-refractivity contribution is 0.0526. The highest BCUT2D eigenvalue weighted by Crippen LogP contribution is 2.41. The molecule has 2 aliphatic rings. The molecule has 5 rings (SSSR count). The number of thiophene rings is 1. The Balaban J connectivity index is 1.59. The van der Waals surface area contributed by atoms with Crippen molar-refractivity contribution < 1.29 is 19.0 Å². The van der Waals surface area contributed by atoms with Crippen LogP contribution in [0.3, 0.4) is 0 Å². The van der Waals surface area contributed by atoms with Crippen LogP contribution in [0.25, 0.3) is 11.3 Å². The number of methoxy groups -OCH3 is 2. The Morgan fingerprint density at radius 2 is 1.88 bits per heavy atom. The summed E-state index contributed by atoms with van der Waals surface area (Å²) in [4.78, 5) is 31.2. The molecule has 0 spiro atoms. The molecule has 0 unspecified atom stereocenters. The van der Waals surface area contributed by atoms with Crippen molar-refractivity contribution >= 4 is 28.1 Å². The van der Waals surface area contributed by atoms with E-state index in [1.807, 2.05) is 18.2 Å². The first kappa shape index (κ1) is 22.5. The van der Waals surface area contributed by atoms with E-state index < -0.39 is 0 Å². The van der Waals surface area contributed by atoms with E-state index in [0.29, 0.717) is 47.5 Å². The smallest absolute Gasteiger partial charge is 0.350 e. The van der Waals surface area contributed by atoms with E-state index in [9.17, 15) is 9.59 Å². The molecule has 1 aromatic carbocycles. The van der Waals surface area contributed by atoms with Gasteiger partial charge in [0.1, 0.15) is 10.8 Å². The Morgan fingerprint density at radius 3 is 2.65 bits per heavy atom. The molecular formula is C25H27N3O5S. The molecule has 1 aliphatic heterocycles. The van der Waals surface area contributed by atoms with E-state index in [1.54, 1.807) is 37.0 Å². The first-order valence-electron chi connectivity index (χ1n) is 11.5. The SMILES string of the molecule is CCOC(=O)c1c(Nc2cc3n(c(=O)n2)CCc2cc(OC)c(OC)cc2-3)sc2c1CCCC2. The van der Waals surface area contributed by atoms with Gasteiger partial charge < -0.3 is 19.5 Å². The fourth-order valence-electron chi connectivity index (χ4n) is 4.80. The minimum Gasteiger partial charge on any atom is -0.493 e. The zero-order valence-corrected chi connectivity index (χ0v) is 20.3. The van der Waals surface area contributed by atoms with Gasteiger partial charge in [-0.2, -0.15) is 4.98 Å². The summed E-state index contributed by atoms with van der Waals surface area (Å²) in [6.45, 7) is 2.64. The van der Waals surface area contributed by atoms with Crippen molar-refractivity contribution in [2.75, 3.05) is 26.1 Å². The second-order valence-electron chi connectivity index (χ2n) is 8.34. The van der Waals surface area contributed by atoms with Gasteiger partial charge in [0.2, 0.25) is 0 Å². The van der Waals surface area contributed by atoms with Crippen molar-refractivity contribution in [3.05, 3.63) is 50.3 Å². The van der Waals surface area contributed by atoms with Crippen LogP contribution < -0.4 is 20.5 Å². The maximum atomic E-state index is 12.9. The lowest BCUT2D eigenvalue weighted by Gasteiger charge is -2.23. The van der Waals surface area contributed by atoms with E-state index in [-0.39, 0.29) is 11.7 Å². The number of hydrogen-bond acceptors (Lipinski definition) is 8. The standard InChI is InChI=1S/C25H27N3O5S/c1-4-33-24(29)22-15-7-5-6-8-20(15)34-23(22)26-21-13-17-16-12-19(32-3)18(31-2)11-14(16)9-10-28(17)25(30)27-21/h11-13H,4-10H2,1-3H3,(H,26,27,30). The van der Waals surface area contributed by atoms with Gasteiger partial charge in [0.25, 0.3) is 0 Å². The van der Waals surface area contributed by atoms with E-state index >= 15 is 0 Å². The number of benzene rings is 1. The number of fused-ring (bicyclic) bond motifs is 4. The molecule has 34 heavy (non-hydrogen) atoms. The molecule has 0 atom stereocenters. The minimum atomic E-state index is -0.334. The number of aryl methyl sites for hydroxylation is 2. The van der Waals surface area contributed by atoms with Crippen molar-refractivity contribution in [2.45, 2.75) is 45.6 Å². The molecule has 0 amide bonds. The third-order valence-electron chi connectivity index (χ3n) is 6.39. The molecule has 2 aromatic heterocycles. The van der Waals surface area contributed by atoms with Crippen LogP contribution in [-0.4, -0.2) is 36.3 Å². The van der Waals surface area contributed by atoms with E-state index in [2.05, 4.69) is 10.3 Å². The van der Waals surface area contributed by atoms with Crippen molar-refractivity contribution in [2.24, 2.45) is 0 Å². The van der Waals surface area contributed by atoms with Crippen molar-refractivity contribution in [3.63, 3.8) is 0 Å². The number of esters is 1. The highest BCUT2D eigenvalue weighted by atomic mass is 32.1. The molecule has 1 aliphatic carbocycles. The predicted octanol–water partition coefficient (Wildman–Crippen LogP) is 4.34. The lowest BCUT2D eigenvalue weighted by Crippen LogP contribution is -2.28. The molecule has 0 saturated heterocycles. The zero-order valence-electron chi connectivity index (χ0n) is 19.5. The predicted molar refractivity (Wildman–Crippen MR) is 131 cm³/mol. The summed E-state index contributed by atoms with van der Waals surface area (Å²) in [6, 6.07) is 5.72. The Bertz CT molecular complexity index is 1330. The summed E-state index contributed by atoms with van der Waals surface area (Å²) >= 11 is 1.55. The van der Waals surface area contributed by atoms with Crippen LogP contribution in [0.4, 0.5) is 10.8 Å². The second-order valence-corrected chi connectivity index (χ2v) is 9.44. The highest BCUT2D eigenvalue weighted by molar-refractivity contribution is 7.16. The zero-order chi connectivity index (χ0) is 23.8. The normalized spacial score (nSPS) is 14.0. The third kappa shape index (κ3) is 3.83. The van der Waals surface area contributed by atoms with Gasteiger partial charge in [0.15, 0.2) is 11.5 Å². The van der Waals surface area contributed by atoms with Gasteiger partial charge in [-0.25, -0.2) is 9.59 Å². The number of nitrogens with zero attached hydrogens (tertiary/aromatic N) is 2. The minimum absolute atomic E-state index is 0.309. The summed E-state index contributed by atoms with van der Waals surface area (Å²) in [6.07, 6.45) is 4.66. The first-order valence-corrected chi connectivity index (χ1v) is 12.3. The molecule has 0 radical (unpaired) electrons. The number of nitrogens with one attached hydrogen (secondary N) is 1. The number of rotatable bonds is 6. The molecule has 0 bridgehead atoms. The average molecular weight is 482 g/mol. The summed E-state index contributed by atoms with van der Waals surface area (Å²) in [5.41, 5.74) is 4.04. The van der Waals surface area contributed by atoms with Crippen LogP contribution >= 0.6 is 11.3 Å². The van der Waals surface area contributed by atoms with Crippen LogP contribution in [0.1, 0.15) is 46.1 Å². The molecule has 0 fully saturated rings. The number of carbonyl (C=O) groups excluding carboxylic acids is 1. The van der Waals surface area contributed by atoms with Gasteiger partial charge in [-0.15, -0.1) is 11.3 Å². The fraction of sp³-hybridized carbons (Fsp3) is 0.400. The van der Waals surface area contributed by atoms with Gasteiger partial charge in [-0.05, 0) is 62.3 Å². The van der Waals surface area contributed by atoms with Gasteiger partial charge in [0.05, 0.1) is 32.1 Å². The van der Waals surface area contributed by atoms with E-state index in [1.165, 1.54) is 4.88 Å². The summed E-state index contributed by atoms with van der Waals surface area (Å²) in [5.74, 6) is 1.33. The number of aromatic nitrogens is 2. The molecular weight excluding hydrogens is 454 g/mol. The Hall–Kier alpha value is -3.33. The number of ether oxygens (including phenoxy) is 3. The molecule has 178 valence electrons. The topological polar surface area (TPSA) is 91.7 Å². The Labute approximate surface area is 201 Å². The van der Waals surface area contributed by atoms with Crippen LogP contribution in [0, 0.1) is 0 Å². The van der Waals surface area contributed by atoms with Crippen LogP contribution in [0.15, 0.2) is 23.0 Å². The van der Waals surface area contributed by atoms with Gasteiger partial charge >= 0.3 is 11.7 Å². The molecule has 3 aromatic rings. The maximum absolute atomic E-state index is 12.9. The highest BCUT2D eigenvalue weighted by Gasteiger charge is 2.27. The van der Waals surface area contributed by atoms with Crippen LogP contribution in [0.5, 0.6) is 11.5 Å². The molecule has 9 heteroatoms. The third-order valence-corrected chi connectivity index (χ3v) is 7.60. The largest absolute Gasteiger partial charge is 0.493 e. The molecule has 1 N–H and O–H groups in total.